The van der Waals surface area contributed by atoms with E-state index in [0.717, 1.165) is 5.56 Å². The van der Waals surface area contributed by atoms with Gasteiger partial charge in [-0.2, -0.15) is 14.0 Å². The summed E-state index contributed by atoms with van der Waals surface area (Å²) >= 11 is 1.34. The van der Waals surface area contributed by atoms with Gasteiger partial charge in [0.2, 0.25) is 5.69 Å². The molecule has 0 fully saturated rings. The van der Waals surface area contributed by atoms with Crippen LogP contribution >= 0.6 is 11.8 Å². The van der Waals surface area contributed by atoms with E-state index in [1.54, 1.807) is 31.4 Å². The minimum absolute atomic E-state index is 0.159. The molecule has 7 nitrogen and oxygen atoms in total. The van der Waals surface area contributed by atoms with Gasteiger partial charge < -0.3 is 14.7 Å². The number of ether oxygens (including phenoxy) is 1. The van der Waals surface area contributed by atoms with Crippen LogP contribution in [0.5, 0.6) is 5.75 Å². The molecule has 2 heterocycles. The number of hydrogen-bond donors (Lipinski definition) is 1. The van der Waals surface area contributed by atoms with Crippen molar-refractivity contribution in [2.45, 2.75) is 16.9 Å². The summed E-state index contributed by atoms with van der Waals surface area (Å²) in [6.45, 7) is 6.26. The highest BCUT2D eigenvalue weighted by Gasteiger charge is 2.30. The zero-order chi connectivity index (χ0) is 24.0. The highest BCUT2D eigenvalue weighted by Crippen LogP contribution is 2.44. The molecule has 3 rings (SSSR count). The molecule has 0 amide bonds. The molecule has 0 aliphatic rings. The van der Waals surface area contributed by atoms with Gasteiger partial charge in [-0.15, -0.1) is 11.8 Å². The molecule has 168 valence electrons. The van der Waals surface area contributed by atoms with Crippen molar-refractivity contribution in [3.05, 3.63) is 71.3 Å². The van der Waals surface area contributed by atoms with Gasteiger partial charge in [0, 0.05) is 37.8 Å². The van der Waals surface area contributed by atoms with Crippen LogP contribution in [0.4, 0.5) is 20.3 Å². The van der Waals surface area contributed by atoms with Crippen LogP contribution in [0.15, 0.2) is 53.8 Å². The van der Waals surface area contributed by atoms with Crippen LogP contribution in [-0.2, 0) is 5.75 Å². The van der Waals surface area contributed by atoms with Crippen molar-refractivity contribution in [1.29, 1.82) is 5.26 Å². The summed E-state index contributed by atoms with van der Waals surface area (Å²) in [6.07, 6.45) is -0.323. The molecule has 0 radical (unpaired) electrons. The van der Waals surface area contributed by atoms with E-state index in [4.69, 9.17) is 11.7 Å². The lowest BCUT2D eigenvalue weighted by Crippen LogP contribution is -2.28. The van der Waals surface area contributed by atoms with Gasteiger partial charge in [0.05, 0.1) is 12.1 Å². The standard InChI is InChI=1S/C23H19F2N5O2S/c1-27-20-19(16-6-8-17(9-7-16)32-23(24,25)14-31)18(11-26)22(29-21(20)30(2)3)33-13-15-5-4-10-28-12-15/h4-10,12,31H,13-14H2,2-3H3. The van der Waals surface area contributed by atoms with E-state index in [9.17, 15) is 14.0 Å². The number of nitrogens with zero attached hydrogens (tertiary/aromatic N) is 5. The summed E-state index contributed by atoms with van der Waals surface area (Å²) in [4.78, 5) is 14.0. The lowest BCUT2D eigenvalue weighted by Gasteiger charge is -2.20. The molecule has 1 aromatic carbocycles. The van der Waals surface area contributed by atoms with E-state index in [1.165, 1.54) is 36.0 Å². The molecule has 0 unspecified atom stereocenters. The summed E-state index contributed by atoms with van der Waals surface area (Å²) in [5.41, 5.74) is 2.18. The number of rotatable bonds is 8. The number of anilines is 1. The minimum Gasteiger partial charge on any atom is -0.431 e. The predicted molar refractivity (Wildman–Crippen MR) is 121 cm³/mol. The Morgan fingerprint density at radius 1 is 1.27 bits per heavy atom. The van der Waals surface area contributed by atoms with E-state index in [0.29, 0.717) is 27.7 Å². The largest absolute Gasteiger partial charge is 0.431 e. The number of aliphatic hydroxyl groups is 1. The van der Waals surface area contributed by atoms with Gasteiger partial charge in [-0.1, -0.05) is 18.2 Å². The number of alkyl halides is 2. The summed E-state index contributed by atoms with van der Waals surface area (Å²) < 4.78 is 31.2. The van der Waals surface area contributed by atoms with Crippen LogP contribution in [0.1, 0.15) is 11.1 Å². The first-order valence-electron chi connectivity index (χ1n) is 9.62. The maximum atomic E-state index is 13.3. The van der Waals surface area contributed by atoms with Crippen molar-refractivity contribution in [3.63, 3.8) is 0 Å². The van der Waals surface area contributed by atoms with E-state index in [2.05, 4.69) is 25.6 Å². The second kappa shape index (κ2) is 10.3. The van der Waals surface area contributed by atoms with Gasteiger partial charge in [0.25, 0.3) is 0 Å². The summed E-state index contributed by atoms with van der Waals surface area (Å²) in [6, 6.07) is 11.5. The molecule has 33 heavy (non-hydrogen) atoms. The number of pyridine rings is 2. The van der Waals surface area contributed by atoms with E-state index < -0.39 is 12.7 Å². The fraction of sp³-hybridized carbons (Fsp3) is 0.217. The third-order valence-electron chi connectivity index (χ3n) is 4.46. The Bertz CT molecular complexity index is 1210. The predicted octanol–water partition coefficient (Wildman–Crippen LogP) is 4.89. The molecule has 0 bridgehead atoms. The van der Waals surface area contributed by atoms with Crippen molar-refractivity contribution in [1.82, 2.24) is 9.97 Å². The van der Waals surface area contributed by atoms with Gasteiger partial charge in [-0.25, -0.2) is 9.83 Å². The first-order valence-corrected chi connectivity index (χ1v) is 10.6. The third kappa shape index (κ3) is 5.55. The summed E-state index contributed by atoms with van der Waals surface area (Å²) in [5.74, 6) is 0.746. The van der Waals surface area contributed by atoms with Gasteiger partial charge in [0.15, 0.2) is 0 Å². The molecule has 0 spiro atoms. The van der Waals surface area contributed by atoms with E-state index >= 15 is 0 Å². The molecule has 0 saturated carbocycles. The lowest BCUT2D eigenvalue weighted by atomic mass is 9.99. The lowest BCUT2D eigenvalue weighted by molar-refractivity contribution is -0.200. The van der Waals surface area contributed by atoms with Crippen molar-refractivity contribution in [2.24, 2.45) is 0 Å². The van der Waals surface area contributed by atoms with Crippen LogP contribution in [-0.4, -0.2) is 41.9 Å². The number of nitriles is 1. The third-order valence-corrected chi connectivity index (χ3v) is 5.51. The van der Waals surface area contributed by atoms with Gasteiger partial charge in [-0.3, -0.25) is 4.98 Å². The van der Waals surface area contributed by atoms with Crippen LogP contribution in [0, 0.1) is 17.9 Å². The van der Waals surface area contributed by atoms with Gasteiger partial charge in [0.1, 0.15) is 29.3 Å². The second-order valence-electron chi connectivity index (χ2n) is 7.03. The normalized spacial score (nSPS) is 10.9. The fourth-order valence-corrected chi connectivity index (χ4v) is 3.90. The number of aliphatic hydroxyl groups excluding tert-OH is 1. The van der Waals surface area contributed by atoms with E-state index in [1.807, 2.05) is 12.1 Å². The van der Waals surface area contributed by atoms with E-state index in [-0.39, 0.29) is 17.0 Å². The molecule has 0 aliphatic heterocycles. The topological polar surface area (TPSA) is 86.6 Å². The SMILES string of the molecule is [C-]#[N+]c1c(N(C)C)nc(SCc2cccnc2)c(C#N)c1-c1ccc(OC(F)(F)CO)cc1. The second-order valence-corrected chi connectivity index (χ2v) is 7.99. The molecular weight excluding hydrogens is 448 g/mol. The Morgan fingerprint density at radius 2 is 2.00 bits per heavy atom. The van der Waals surface area contributed by atoms with Gasteiger partial charge in [-0.05, 0) is 29.3 Å². The molecular formula is C23H19F2N5O2S. The quantitative estimate of drug-likeness (QED) is 0.373. The number of halogens is 2. The van der Waals surface area contributed by atoms with Crippen molar-refractivity contribution in [3.8, 4) is 22.9 Å². The average molecular weight is 468 g/mol. The zero-order valence-electron chi connectivity index (χ0n) is 17.8. The number of thioether (sulfide) groups is 1. The maximum absolute atomic E-state index is 13.3. The average Bonchev–Trinajstić information content (AvgIpc) is 2.82. The van der Waals surface area contributed by atoms with Crippen LogP contribution in [0.2, 0.25) is 0 Å². The monoisotopic (exact) mass is 467 g/mol. The van der Waals surface area contributed by atoms with Crippen LogP contribution in [0.25, 0.3) is 16.0 Å². The highest BCUT2D eigenvalue weighted by atomic mass is 32.2. The van der Waals surface area contributed by atoms with Crippen molar-refractivity contribution >= 4 is 23.3 Å². The Morgan fingerprint density at radius 3 is 2.55 bits per heavy atom. The molecule has 0 aliphatic carbocycles. The summed E-state index contributed by atoms with van der Waals surface area (Å²) in [7, 11) is 3.49. The minimum atomic E-state index is -3.72. The maximum Gasteiger partial charge on any atom is 0.421 e. The Balaban J connectivity index is 2.10. The molecule has 2 aromatic heterocycles. The molecule has 0 saturated heterocycles. The first kappa shape index (κ1) is 23.9. The Labute approximate surface area is 194 Å². The Hall–Kier alpha value is -3.73. The molecule has 10 heteroatoms. The van der Waals surface area contributed by atoms with Crippen molar-refractivity contribution < 1.29 is 18.6 Å². The van der Waals surface area contributed by atoms with Gasteiger partial charge >= 0.3 is 6.11 Å². The Kier molecular flexibility index (Phi) is 7.44. The molecule has 0 atom stereocenters. The van der Waals surface area contributed by atoms with Crippen LogP contribution < -0.4 is 9.64 Å². The smallest absolute Gasteiger partial charge is 0.421 e. The first-order chi connectivity index (χ1) is 15.8. The van der Waals surface area contributed by atoms with Crippen LogP contribution in [0.3, 0.4) is 0 Å². The summed E-state index contributed by atoms with van der Waals surface area (Å²) in [5, 5.41) is 19.1. The molecule has 1 N–H and O–H groups in total. The number of benzene rings is 1. The molecule has 3 aromatic rings. The number of aromatic nitrogens is 2. The highest BCUT2D eigenvalue weighted by molar-refractivity contribution is 7.98. The van der Waals surface area contributed by atoms with Crippen molar-refractivity contribution in [2.75, 3.05) is 25.6 Å². The zero-order valence-corrected chi connectivity index (χ0v) is 18.6. The fourth-order valence-electron chi connectivity index (χ4n) is 2.98. The number of hydrogen-bond acceptors (Lipinski definition) is 7.